The number of hydrogen-bond acceptors (Lipinski definition) is 4. The molecule has 2 heterocycles. The average Bonchev–Trinajstić information content (AvgIpc) is 3.23. The summed E-state index contributed by atoms with van der Waals surface area (Å²) in [6, 6.07) is 18.6. The number of nitrogens with zero attached hydrogens (tertiary/aromatic N) is 4. The summed E-state index contributed by atoms with van der Waals surface area (Å²) >= 11 is 1.42. The minimum absolute atomic E-state index is 0.0255. The van der Waals surface area contributed by atoms with E-state index >= 15 is 0 Å². The van der Waals surface area contributed by atoms with Crippen LogP contribution < -0.4 is 4.90 Å². The van der Waals surface area contributed by atoms with Crippen LogP contribution in [-0.2, 0) is 11.2 Å². The number of hydrogen-bond donors (Lipinski definition) is 0. The summed E-state index contributed by atoms with van der Waals surface area (Å²) < 4.78 is 2.28. The van der Waals surface area contributed by atoms with Crippen LogP contribution in [0.2, 0.25) is 0 Å². The normalized spacial score (nSPS) is 16.3. The van der Waals surface area contributed by atoms with Gasteiger partial charge in [0.05, 0.1) is 10.6 Å². The highest BCUT2D eigenvalue weighted by Crippen LogP contribution is 2.35. The number of likely N-dealkylation sites (N-methyl/N-ethyl adjacent to an activating group) is 1. The van der Waals surface area contributed by atoms with Crippen molar-refractivity contribution in [1.82, 2.24) is 9.47 Å². The first-order valence-electron chi connectivity index (χ1n) is 11.1. The predicted molar refractivity (Wildman–Crippen MR) is 141 cm³/mol. The van der Waals surface area contributed by atoms with Crippen molar-refractivity contribution >= 4 is 40.3 Å². The molecule has 0 N–H and O–H groups in total. The summed E-state index contributed by atoms with van der Waals surface area (Å²) in [6.07, 6.45) is 2.96. The molecule has 2 aromatic carbocycles. The van der Waals surface area contributed by atoms with Gasteiger partial charge >= 0.3 is 0 Å². The Morgan fingerprint density at radius 1 is 1.06 bits per heavy atom. The molecule has 0 aliphatic carbocycles. The van der Waals surface area contributed by atoms with Crippen LogP contribution in [0, 0.1) is 13.8 Å². The molecule has 0 spiro atoms. The Labute approximate surface area is 200 Å². The zero-order valence-electron chi connectivity index (χ0n) is 20.1. The number of amides is 1. The molecule has 0 unspecified atom stereocenters. The average molecular weight is 459 g/mol. The van der Waals surface area contributed by atoms with Crippen molar-refractivity contribution in [1.29, 1.82) is 0 Å². The summed E-state index contributed by atoms with van der Waals surface area (Å²) in [5.74, 6) is -0.0255. The van der Waals surface area contributed by atoms with Gasteiger partial charge in [0.1, 0.15) is 0 Å². The van der Waals surface area contributed by atoms with Crippen molar-refractivity contribution in [3.8, 4) is 5.69 Å². The van der Waals surface area contributed by atoms with Gasteiger partial charge in [0, 0.05) is 43.9 Å². The number of aryl methyl sites for hydroxylation is 2. The first-order valence-corrected chi connectivity index (χ1v) is 11.9. The molecule has 4 rings (SSSR count). The standard InChI is InChI=1S/C27H30N4OS/c1-7-20-10-8-9-11-24(20)31-18(2)16-21(19(31)3)17-25-26(32)30(6)27(33-25)28-22-12-14-23(15-13-22)29(4)5/h8-17H,7H2,1-6H3/b25-17-,28-27?. The topological polar surface area (TPSA) is 40.8 Å². The molecule has 0 atom stereocenters. The number of thioether (sulfide) groups is 1. The maximum absolute atomic E-state index is 13.0. The highest BCUT2D eigenvalue weighted by molar-refractivity contribution is 8.18. The van der Waals surface area contributed by atoms with Gasteiger partial charge in [0.25, 0.3) is 5.91 Å². The van der Waals surface area contributed by atoms with E-state index in [0.717, 1.165) is 34.7 Å². The van der Waals surface area contributed by atoms with Crippen LogP contribution in [0.25, 0.3) is 11.8 Å². The number of rotatable bonds is 5. The zero-order chi connectivity index (χ0) is 23.7. The summed E-state index contributed by atoms with van der Waals surface area (Å²) in [4.78, 5) is 22.0. The molecule has 1 aromatic heterocycles. The van der Waals surface area contributed by atoms with Crippen molar-refractivity contribution in [2.45, 2.75) is 27.2 Å². The molecule has 170 valence electrons. The SMILES string of the molecule is CCc1ccccc1-n1c(C)cc(/C=C2\SC(=Nc3ccc(N(C)C)cc3)N(C)C2=O)c1C. The number of aromatic nitrogens is 1. The van der Waals surface area contributed by atoms with Crippen molar-refractivity contribution in [3.63, 3.8) is 0 Å². The summed E-state index contributed by atoms with van der Waals surface area (Å²) in [5.41, 5.74) is 7.78. The number of benzene rings is 2. The fourth-order valence-electron chi connectivity index (χ4n) is 4.06. The fraction of sp³-hybridized carbons (Fsp3) is 0.259. The van der Waals surface area contributed by atoms with E-state index in [-0.39, 0.29) is 5.91 Å². The van der Waals surface area contributed by atoms with Crippen LogP contribution in [0.1, 0.15) is 29.4 Å². The summed E-state index contributed by atoms with van der Waals surface area (Å²) in [6.45, 7) is 6.40. The van der Waals surface area contributed by atoms with Crippen LogP contribution in [-0.4, -0.2) is 41.7 Å². The van der Waals surface area contributed by atoms with Gasteiger partial charge in [-0.3, -0.25) is 9.69 Å². The van der Waals surface area contributed by atoms with E-state index in [1.165, 1.54) is 23.0 Å². The van der Waals surface area contributed by atoms with Crippen molar-refractivity contribution in [2.24, 2.45) is 4.99 Å². The molecule has 1 fully saturated rings. The second-order valence-corrected chi connectivity index (χ2v) is 9.43. The minimum atomic E-state index is -0.0255. The number of carbonyl (C=O) groups is 1. The highest BCUT2D eigenvalue weighted by Gasteiger charge is 2.30. The lowest BCUT2D eigenvalue weighted by Crippen LogP contribution is -2.23. The third kappa shape index (κ3) is 4.48. The smallest absolute Gasteiger partial charge is 0.266 e. The van der Waals surface area contributed by atoms with Crippen molar-refractivity contribution in [3.05, 3.63) is 82.0 Å². The van der Waals surface area contributed by atoms with Gasteiger partial charge in [-0.05, 0) is 85.6 Å². The quantitative estimate of drug-likeness (QED) is 0.443. The van der Waals surface area contributed by atoms with E-state index in [1.54, 1.807) is 11.9 Å². The lowest BCUT2D eigenvalue weighted by Gasteiger charge is -2.14. The van der Waals surface area contributed by atoms with Gasteiger partial charge < -0.3 is 9.47 Å². The molecule has 5 nitrogen and oxygen atoms in total. The van der Waals surface area contributed by atoms with Gasteiger partial charge in [-0.25, -0.2) is 4.99 Å². The van der Waals surface area contributed by atoms with Crippen LogP contribution >= 0.6 is 11.8 Å². The molecule has 6 heteroatoms. The Balaban J connectivity index is 1.66. The summed E-state index contributed by atoms with van der Waals surface area (Å²) in [5, 5.41) is 0.689. The van der Waals surface area contributed by atoms with Crippen LogP contribution in [0.15, 0.2) is 64.5 Å². The van der Waals surface area contributed by atoms with Crippen LogP contribution in [0.4, 0.5) is 11.4 Å². The van der Waals surface area contributed by atoms with Gasteiger partial charge in [-0.15, -0.1) is 0 Å². The molecule has 0 saturated carbocycles. The zero-order valence-corrected chi connectivity index (χ0v) is 20.9. The molecule has 0 radical (unpaired) electrons. The maximum Gasteiger partial charge on any atom is 0.266 e. The Hall–Kier alpha value is -3.25. The molecule has 3 aromatic rings. The molecule has 0 bridgehead atoms. The van der Waals surface area contributed by atoms with E-state index in [4.69, 9.17) is 4.99 Å². The van der Waals surface area contributed by atoms with Crippen LogP contribution in [0.3, 0.4) is 0 Å². The third-order valence-electron chi connectivity index (χ3n) is 5.96. The number of amidine groups is 1. The van der Waals surface area contributed by atoms with E-state index < -0.39 is 0 Å². The number of aliphatic imine (C=N–C) groups is 1. The van der Waals surface area contributed by atoms with E-state index in [1.807, 2.05) is 49.3 Å². The number of carbonyl (C=O) groups excluding carboxylic acids is 1. The van der Waals surface area contributed by atoms with Gasteiger partial charge in [0.15, 0.2) is 5.17 Å². The first-order chi connectivity index (χ1) is 15.8. The molecule has 1 aliphatic heterocycles. The largest absolute Gasteiger partial charge is 0.378 e. The lowest BCUT2D eigenvalue weighted by atomic mass is 10.1. The Bertz CT molecular complexity index is 1250. The lowest BCUT2D eigenvalue weighted by molar-refractivity contribution is -0.121. The Kier molecular flexibility index (Phi) is 6.47. The van der Waals surface area contributed by atoms with E-state index in [2.05, 4.69) is 55.7 Å². The molecule has 1 saturated heterocycles. The number of para-hydroxylation sites is 1. The molecule has 1 amide bonds. The van der Waals surface area contributed by atoms with Gasteiger partial charge in [-0.2, -0.15) is 0 Å². The fourth-order valence-corrected chi connectivity index (χ4v) is 5.04. The summed E-state index contributed by atoms with van der Waals surface area (Å²) in [7, 11) is 5.80. The Morgan fingerprint density at radius 3 is 2.42 bits per heavy atom. The maximum atomic E-state index is 13.0. The van der Waals surface area contributed by atoms with Crippen LogP contribution in [0.5, 0.6) is 0 Å². The molecular weight excluding hydrogens is 428 g/mol. The van der Waals surface area contributed by atoms with Crippen molar-refractivity contribution < 1.29 is 4.79 Å². The Morgan fingerprint density at radius 2 is 1.76 bits per heavy atom. The van der Waals surface area contributed by atoms with Gasteiger partial charge in [0.2, 0.25) is 0 Å². The van der Waals surface area contributed by atoms with Crippen molar-refractivity contribution in [2.75, 3.05) is 26.0 Å². The first kappa shape index (κ1) is 22.9. The van der Waals surface area contributed by atoms with E-state index in [9.17, 15) is 4.79 Å². The number of anilines is 1. The molecular formula is C27H30N4OS. The minimum Gasteiger partial charge on any atom is -0.378 e. The molecule has 33 heavy (non-hydrogen) atoms. The third-order valence-corrected chi connectivity index (χ3v) is 7.02. The monoisotopic (exact) mass is 458 g/mol. The predicted octanol–water partition coefficient (Wildman–Crippen LogP) is 5.96. The highest BCUT2D eigenvalue weighted by atomic mass is 32.2. The second kappa shape index (κ2) is 9.32. The van der Waals surface area contributed by atoms with E-state index in [0.29, 0.717) is 10.1 Å². The second-order valence-electron chi connectivity index (χ2n) is 8.42. The van der Waals surface area contributed by atoms with Gasteiger partial charge in [-0.1, -0.05) is 25.1 Å². The molecule has 1 aliphatic rings.